The Balaban J connectivity index is 0.000000295. The zero-order valence-electron chi connectivity index (χ0n) is 11.1. The lowest BCUT2D eigenvalue weighted by molar-refractivity contribution is -0.192. The normalized spacial score (nSPS) is 18.5. The Bertz CT molecular complexity index is 489. The number of alkyl halides is 6. The smallest absolute Gasteiger partial charge is 0.475 e. The van der Waals surface area contributed by atoms with Crippen molar-refractivity contribution in [2.45, 2.75) is 24.7 Å². The predicted octanol–water partition coefficient (Wildman–Crippen LogP) is 3.42. The lowest BCUT2D eigenvalue weighted by atomic mass is 9.97. The quantitative estimate of drug-likeness (QED) is 0.776. The molecule has 1 fully saturated rings. The first kappa shape index (κ1) is 18.3. The van der Waals surface area contributed by atoms with Crippen LogP contribution in [-0.2, 0) is 11.0 Å². The molecule has 2 N–H and O–H groups in total. The van der Waals surface area contributed by atoms with Crippen molar-refractivity contribution in [3.8, 4) is 0 Å². The van der Waals surface area contributed by atoms with Crippen LogP contribution in [0.1, 0.15) is 23.5 Å². The summed E-state index contributed by atoms with van der Waals surface area (Å²) in [6, 6.07) is 5.49. The average Bonchev–Trinajstić information content (AvgIpc) is 2.91. The number of halogens is 6. The second-order valence-electron chi connectivity index (χ2n) is 4.61. The summed E-state index contributed by atoms with van der Waals surface area (Å²) in [6.45, 7) is 1.82. The first-order valence-electron chi connectivity index (χ1n) is 6.20. The summed E-state index contributed by atoms with van der Waals surface area (Å²) in [7, 11) is 0. The van der Waals surface area contributed by atoms with E-state index in [2.05, 4.69) is 5.32 Å². The van der Waals surface area contributed by atoms with Crippen LogP contribution in [0.2, 0.25) is 0 Å². The molecule has 0 aromatic heterocycles. The van der Waals surface area contributed by atoms with Crippen LogP contribution < -0.4 is 5.32 Å². The SMILES string of the molecule is FC(F)(F)c1ccc(C2CCNC2)cc1.O=C(O)C(F)(F)F. The minimum atomic E-state index is -5.08. The van der Waals surface area contributed by atoms with E-state index in [1.165, 1.54) is 0 Å². The van der Waals surface area contributed by atoms with Crippen LogP contribution in [0.15, 0.2) is 24.3 Å². The largest absolute Gasteiger partial charge is 0.490 e. The van der Waals surface area contributed by atoms with Crippen LogP contribution in [-0.4, -0.2) is 30.3 Å². The van der Waals surface area contributed by atoms with Gasteiger partial charge in [-0.25, -0.2) is 4.79 Å². The summed E-state index contributed by atoms with van der Waals surface area (Å²) in [5.41, 5.74) is 0.421. The van der Waals surface area contributed by atoms with Gasteiger partial charge in [0.25, 0.3) is 0 Å². The van der Waals surface area contributed by atoms with Gasteiger partial charge in [0, 0.05) is 6.54 Å². The number of rotatable bonds is 1. The molecule has 124 valence electrons. The summed E-state index contributed by atoms with van der Waals surface area (Å²) < 4.78 is 68.6. The number of hydrogen-bond acceptors (Lipinski definition) is 2. The van der Waals surface area contributed by atoms with Crippen molar-refractivity contribution in [1.29, 1.82) is 0 Å². The van der Waals surface area contributed by atoms with E-state index in [0.717, 1.165) is 37.2 Å². The Morgan fingerprint density at radius 3 is 1.91 bits per heavy atom. The van der Waals surface area contributed by atoms with E-state index in [-0.39, 0.29) is 0 Å². The lowest BCUT2D eigenvalue weighted by Crippen LogP contribution is -2.21. The molecule has 0 bridgehead atoms. The molecule has 3 nitrogen and oxygen atoms in total. The van der Waals surface area contributed by atoms with Crippen molar-refractivity contribution in [3.05, 3.63) is 35.4 Å². The Hall–Kier alpha value is -1.77. The van der Waals surface area contributed by atoms with E-state index >= 15 is 0 Å². The van der Waals surface area contributed by atoms with E-state index in [1.807, 2.05) is 0 Å². The Morgan fingerprint density at radius 2 is 1.59 bits per heavy atom. The van der Waals surface area contributed by atoms with Gasteiger partial charge in [0.2, 0.25) is 0 Å². The summed E-state index contributed by atoms with van der Waals surface area (Å²) in [4.78, 5) is 8.90. The Morgan fingerprint density at radius 1 is 1.09 bits per heavy atom. The maximum Gasteiger partial charge on any atom is 0.490 e. The molecular weight excluding hydrogens is 316 g/mol. The highest BCUT2D eigenvalue weighted by atomic mass is 19.4. The zero-order chi connectivity index (χ0) is 17.0. The third kappa shape index (κ3) is 5.55. The minimum Gasteiger partial charge on any atom is -0.475 e. The van der Waals surface area contributed by atoms with E-state index < -0.39 is 23.9 Å². The highest BCUT2D eigenvalue weighted by molar-refractivity contribution is 5.73. The summed E-state index contributed by atoms with van der Waals surface area (Å²) in [5, 5.41) is 10.3. The summed E-state index contributed by atoms with van der Waals surface area (Å²) in [5.74, 6) is -2.39. The van der Waals surface area contributed by atoms with E-state index in [4.69, 9.17) is 9.90 Å². The monoisotopic (exact) mass is 329 g/mol. The third-order valence-electron chi connectivity index (χ3n) is 3.01. The van der Waals surface area contributed by atoms with Gasteiger partial charge >= 0.3 is 18.3 Å². The number of aliphatic carboxylic acids is 1. The van der Waals surface area contributed by atoms with Gasteiger partial charge < -0.3 is 10.4 Å². The molecule has 1 atom stereocenters. The molecule has 1 aliphatic heterocycles. The van der Waals surface area contributed by atoms with Crippen LogP contribution in [0.4, 0.5) is 26.3 Å². The molecule has 1 heterocycles. The van der Waals surface area contributed by atoms with Gasteiger partial charge in [-0.1, -0.05) is 12.1 Å². The highest BCUT2D eigenvalue weighted by Crippen LogP contribution is 2.31. The van der Waals surface area contributed by atoms with Gasteiger partial charge in [-0.05, 0) is 36.6 Å². The van der Waals surface area contributed by atoms with Crippen LogP contribution in [0.5, 0.6) is 0 Å². The van der Waals surface area contributed by atoms with Crippen molar-refractivity contribution < 1.29 is 36.2 Å². The molecule has 0 aliphatic carbocycles. The van der Waals surface area contributed by atoms with Gasteiger partial charge in [0.05, 0.1) is 5.56 Å². The molecule has 1 aromatic rings. The Kier molecular flexibility index (Phi) is 5.81. The predicted molar refractivity (Wildman–Crippen MR) is 65.4 cm³/mol. The topological polar surface area (TPSA) is 49.3 Å². The first-order chi connectivity index (χ1) is 10.0. The fourth-order valence-corrected chi connectivity index (χ4v) is 1.88. The average molecular weight is 329 g/mol. The van der Waals surface area contributed by atoms with Crippen LogP contribution in [0.25, 0.3) is 0 Å². The van der Waals surface area contributed by atoms with E-state index in [1.54, 1.807) is 12.1 Å². The van der Waals surface area contributed by atoms with E-state index in [0.29, 0.717) is 5.92 Å². The molecule has 1 aliphatic rings. The summed E-state index contributed by atoms with van der Waals surface area (Å²) in [6.07, 6.45) is -8.31. The number of nitrogens with one attached hydrogen (secondary N) is 1. The molecule has 2 rings (SSSR count). The van der Waals surface area contributed by atoms with E-state index in [9.17, 15) is 26.3 Å². The van der Waals surface area contributed by atoms with Gasteiger partial charge in [-0.3, -0.25) is 0 Å². The summed E-state index contributed by atoms with van der Waals surface area (Å²) >= 11 is 0. The molecule has 1 aromatic carbocycles. The number of carbonyl (C=O) groups is 1. The van der Waals surface area contributed by atoms with Gasteiger partial charge in [0.15, 0.2) is 0 Å². The van der Waals surface area contributed by atoms with Gasteiger partial charge in [0.1, 0.15) is 0 Å². The number of carboxylic acid groups (broad SMARTS) is 1. The first-order valence-corrected chi connectivity index (χ1v) is 6.20. The van der Waals surface area contributed by atoms with Crippen molar-refractivity contribution in [1.82, 2.24) is 5.32 Å². The lowest BCUT2D eigenvalue weighted by Gasteiger charge is -2.11. The number of carboxylic acids is 1. The standard InChI is InChI=1S/C11H12F3N.C2HF3O2/c12-11(13,14)10-3-1-8(2-4-10)9-5-6-15-7-9;3-2(4,5)1(6)7/h1-4,9,15H,5-7H2;(H,6,7). The molecular formula is C13H13F6NO2. The van der Waals surface area contributed by atoms with Crippen LogP contribution in [0, 0.1) is 0 Å². The van der Waals surface area contributed by atoms with Gasteiger partial charge in [-0.2, -0.15) is 26.3 Å². The fraction of sp³-hybridized carbons (Fsp3) is 0.462. The minimum absolute atomic E-state index is 0.368. The highest BCUT2D eigenvalue weighted by Gasteiger charge is 2.38. The van der Waals surface area contributed by atoms with Crippen molar-refractivity contribution in [2.24, 2.45) is 0 Å². The molecule has 0 spiro atoms. The van der Waals surface area contributed by atoms with Crippen molar-refractivity contribution >= 4 is 5.97 Å². The molecule has 22 heavy (non-hydrogen) atoms. The zero-order valence-corrected chi connectivity index (χ0v) is 11.1. The molecule has 9 heteroatoms. The molecule has 1 unspecified atom stereocenters. The fourth-order valence-electron chi connectivity index (χ4n) is 1.88. The van der Waals surface area contributed by atoms with Gasteiger partial charge in [-0.15, -0.1) is 0 Å². The second-order valence-corrected chi connectivity index (χ2v) is 4.61. The molecule has 0 saturated carbocycles. The maximum atomic E-state index is 12.3. The molecule has 0 radical (unpaired) electrons. The maximum absolute atomic E-state index is 12.3. The number of benzene rings is 1. The second kappa shape index (κ2) is 6.99. The third-order valence-corrected chi connectivity index (χ3v) is 3.01. The van der Waals surface area contributed by atoms with Crippen molar-refractivity contribution in [3.63, 3.8) is 0 Å². The van der Waals surface area contributed by atoms with Crippen LogP contribution in [0.3, 0.4) is 0 Å². The van der Waals surface area contributed by atoms with Crippen molar-refractivity contribution in [2.75, 3.05) is 13.1 Å². The molecule has 1 saturated heterocycles. The Labute approximate surface area is 121 Å². The number of hydrogen-bond donors (Lipinski definition) is 2. The molecule has 0 amide bonds. The van der Waals surface area contributed by atoms with Crippen LogP contribution >= 0.6 is 0 Å².